The molecular formula is C10H14N2O3. The molecule has 0 aliphatic heterocycles. The second-order valence-electron chi connectivity index (χ2n) is 2.92. The molecule has 0 aromatic rings. The van der Waals surface area contributed by atoms with Gasteiger partial charge < -0.3 is 10.1 Å². The Kier molecular flexibility index (Phi) is 6.64. The Bertz CT molecular complexity index is 292. The van der Waals surface area contributed by atoms with E-state index in [4.69, 9.17) is 10.00 Å². The third-order valence-corrected chi connectivity index (χ3v) is 1.47. The Morgan fingerprint density at radius 3 is 2.73 bits per heavy atom. The molecule has 1 amide bonds. The van der Waals surface area contributed by atoms with Gasteiger partial charge in [0.2, 0.25) is 5.91 Å². The van der Waals surface area contributed by atoms with Gasteiger partial charge in [-0.1, -0.05) is 6.58 Å². The summed E-state index contributed by atoms with van der Waals surface area (Å²) in [6.07, 6.45) is 0.363. The first kappa shape index (κ1) is 13.2. The van der Waals surface area contributed by atoms with Gasteiger partial charge >= 0.3 is 5.97 Å². The number of rotatable bonds is 6. The number of nitriles is 1. The highest BCUT2D eigenvalue weighted by atomic mass is 16.5. The quantitative estimate of drug-likeness (QED) is 0.394. The third kappa shape index (κ3) is 7.26. The average Bonchev–Trinajstić information content (AvgIpc) is 2.20. The van der Waals surface area contributed by atoms with Crippen LogP contribution in [0, 0.1) is 11.3 Å². The topological polar surface area (TPSA) is 79.2 Å². The lowest BCUT2D eigenvalue weighted by Crippen LogP contribution is -2.27. The minimum Gasteiger partial charge on any atom is -0.460 e. The van der Waals surface area contributed by atoms with Crippen LogP contribution in [-0.4, -0.2) is 25.0 Å². The standard InChI is InChI=1S/C10H14N2O3/c1-8(2)10(14)15-7-6-12-9(13)4-3-5-11/h1,3-4,6-7H2,2H3,(H,12,13). The van der Waals surface area contributed by atoms with Crippen LogP contribution in [0.15, 0.2) is 12.2 Å². The SMILES string of the molecule is C=C(C)C(=O)OCCNC(=O)CCC#N. The van der Waals surface area contributed by atoms with Crippen molar-refractivity contribution < 1.29 is 14.3 Å². The summed E-state index contributed by atoms with van der Waals surface area (Å²) in [5, 5.41) is 10.7. The van der Waals surface area contributed by atoms with Gasteiger partial charge in [-0.2, -0.15) is 5.26 Å². The summed E-state index contributed by atoms with van der Waals surface area (Å²) in [4.78, 5) is 21.8. The molecule has 15 heavy (non-hydrogen) atoms. The van der Waals surface area contributed by atoms with Crippen LogP contribution >= 0.6 is 0 Å². The van der Waals surface area contributed by atoms with E-state index >= 15 is 0 Å². The van der Waals surface area contributed by atoms with Crippen molar-refractivity contribution in [2.75, 3.05) is 13.2 Å². The molecular weight excluding hydrogens is 196 g/mol. The molecule has 0 aromatic heterocycles. The summed E-state index contributed by atoms with van der Waals surface area (Å²) < 4.78 is 4.74. The number of nitrogens with one attached hydrogen (secondary N) is 1. The lowest BCUT2D eigenvalue weighted by atomic mass is 10.3. The van der Waals surface area contributed by atoms with E-state index in [9.17, 15) is 9.59 Å². The van der Waals surface area contributed by atoms with Crippen molar-refractivity contribution in [3.63, 3.8) is 0 Å². The van der Waals surface area contributed by atoms with Gasteiger partial charge in [0, 0.05) is 18.4 Å². The fraction of sp³-hybridized carbons (Fsp3) is 0.500. The van der Waals surface area contributed by atoms with E-state index in [1.54, 1.807) is 6.92 Å². The van der Waals surface area contributed by atoms with E-state index in [0.717, 1.165) is 0 Å². The molecule has 0 spiro atoms. The minimum atomic E-state index is -0.471. The number of nitrogens with zero attached hydrogens (tertiary/aromatic N) is 1. The van der Waals surface area contributed by atoms with Crippen LogP contribution in [0.2, 0.25) is 0 Å². The van der Waals surface area contributed by atoms with Crippen molar-refractivity contribution in [1.82, 2.24) is 5.32 Å². The number of amides is 1. The molecule has 5 heteroatoms. The van der Waals surface area contributed by atoms with Crippen LogP contribution in [0.5, 0.6) is 0 Å². The fourth-order valence-electron chi connectivity index (χ4n) is 0.715. The summed E-state index contributed by atoms with van der Waals surface area (Å²) in [5.41, 5.74) is 0.325. The molecule has 0 rings (SSSR count). The molecule has 0 unspecified atom stereocenters. The number of ether oxygens (including phenoxy) is 1. The maximum atomic E-state index is 11.0. The maximum absolute atomic E-state index is 11.0. The largest absolute Gasteiger partial charge is 0.460 e. The first-order chi connectivity index (χ1) is 7.07. The van der Waals surface area contributed by atoms with Crippen LogP contribution in [-0.2, 0) is 14.3 Å². The zero-order chi connectivity index (χ0) is 11.7. The predicted molar refractivity (Wildman–Crippen MR) is 53.6 cm³/mol. The van der Waals surface area contributed by atoms with Crippen LogP contribution < -0.4 is 5.32 Å². The van der Waals surface area contributed by atoms with Gasteiger partial charge in [-0.15, -0.1) is 0 Å². The van der Waals surface area contributed by atoms with E-state index in [0.29, 0.717) is 5.57 Å². The van der Waals surface area contributed by atoms with Crippen molar-refractivity contribution in [1.29, 1.82) is 5.26 Å². The molecule has 0 atom stereocenters. The first-order valence-electron chi connectivity index (χ1n) is 4.54. The Morgan fingerprint density at radius 2 is 2.20 bits per heavy atom. The smallest absolute Gasteiger partial charge is 0.333 e. The molecule has 5 nitrogen and oxygen atoms in total. The minimum absolute atomic E-state index is 0.115. The van der Waals surface area contributed by atoms with Crippen LogP contribution in [0.1, 0.15) is 19.8 Å². The molecule has 0 saturated heterocycles. The Labute approximate surface area is 88.7 Å². The second kappa shape index (κ2) is 7.56. The molecule has 0 saturated carbocycles. The molecule has 0 radical (unpaired) electrons. The summed E-state index contributed by atoms with van der Waals surface area (Å²) in [5.74, 6) is -0.691. The van der Waals surface area contributed by atoms with Crippen molar-refractivity contribution in [3.05, 3.63) is 12.2 Å². The van der Waals surface area contributed by atoms with Crippen LogP contribution in [0.3, 0.4) is 0 Å². The van der Waals surface area contributed by atoms with Gasteiger partial charge in [0.1, 0.15) is 6.61 Å². The van der Waals surface area contributed by atoms with Gasteiger partial charge in [-0.25, -0.2) is 4.79 Å². The van der Waals surface area contributed by atoms with Gasteiger partial charge in [0.05, 0.1) is 12.6 Å². The van der Waals surface area contributed by atoms with Gasteiger partial charge in [0.25, 0.3) is 0 Å². The average molecular weight is 210 g/mol. The van der Waals surface area contributed by atoms with E-state index in [1.165, 1.54) is 0 Å². The molecule has 0 aliphatic carbocycles. The fourth-order valence-corrected chi connectivity index (χ4v) is 0.715. The van der Waals surface area contributed by atoms with Crippen LogP contribution in [0.25, 0.3) is 0 Å². The maximum Gasteiger partial charge on any atom is 0.333 e. The Hall–Kier alpha value is -1.83. The van der Waals surface area contributed by atoms with Gasteiger partial charge in [-0.05, 0) is 6.92 Å². The van der Waals surface area contributed by atoms with Crippen LogP contribution in [0.4, 0.5) is 0 Å². The number of carbonyl (C=O) groups is 2. The number of hydrogen-bond donors (Lipinski definition) is 1. The molecule has 0 aliphatic rings. The summed E-state index contributed by atoms with van der Waals surface area (Å²) in [6.45, 7) is 5.33. The molecule has 0 aromatic carbocycles. The summed E-state index contributed by atoms with van der Waals surface area (Å²) >= 11 is 0. The van der Waals surface area contributed by atoms with Crippen molar-refractivity contribution in [3.8, 4) is 6.07 Å². The third-order valence-electron chi connectivity index (χ3n) is 1.47. The lowest BCUT2D eigenvalue weighted by Gasteiger charge is -2.05. The molecule has 0 heterocycles. The van der Waals surface area contributed by atoms with E-state index in [2.05, 4.69) is 11.9 Å². The highest BCUT2D eigenvalue weighted by Gasteiger charge is 2.03. The predicted octanol–water partition coefficient (Wildman–Crippen LogP) is 0.526. The molecule has 82 valence electrons. The van der Waals surface area contributed by atoms with Gasteiger partial charge in [-0.3, -0.25) is 4.79 Å². The van der Waals surface area contributed by atoms with Crippen molar-refractivity contribution >= 4 is 11.9 Å². The van der Waals surface area contributed by atoms with E-state index in [1.807, 2.05) is 6.07 Å². The number of hydrogen-bond acceptors (Lipinski definition) is 4. The van der Waals surface area contributed by atoms with Crippen molar-refractivity contribution in [2.24, 2.45) is 0 Å². The Balaban J connectivity index is 3.47. The number of carbonyl (C=O) groups excluding carboxylic acids is 2. The zero-order valence-corrected chi connectivity index (χ0v) is 8.71. The summed E-state index contributed by atoms with van der Waals surface area (Å²) in [6, 6.07) is 1.86. The highest BCUT2D eigenvalue weighted by Crippen LogP contribution is 1.91. The second-order valence-corrected chi connectivity index (χ2v) is 2.92. The number of esters is 1. The van der Waals surface area contributed by atoms with E-state index in [-0.39, 0.29) is 31.9 Å². The summed E-state index contributed by atoms with van der Waals surface area (Å²) in [7, 11) is 0. The molecule has 1 N–H and O–H groups in total. The van der Waals surface area contributed by atoms with Gasteiger partial charge in [0.15, 0.2) is 0 Å². The van der Waals surface area contributed by atoms with E-state index < -0.39 is 5.97 Å². The molecule has 0 bridgehead atoms. The molecule has 0 fully saturated rings. The zero-order valence-electron chi connectivity index (χ0n) is 8.71. The first-order valence-corrected chi connectivity index (χ1v) is 4.54. The van der Waals surface area contributed by atoms with Crippen molar-refractivity contribution in [2.45, 2.75) is 19.8 Å². The Morgan fingerprint density at radius 1 is 1.53 bits per heavy atom. The highest BCUT2D eigenvalue weighted by molar-refractivity contribution is 5.86. The normalized spacial score (nSPS) is 8.80. The lowest BCUT2D eigenvalue weighted by molar-refractivity contribution is -0.139. The monoisotopic (exact) mass is 210 g/mol.